The highest BCUT2D eigenvalue weighted by molar-refractivity contribution is 4.90. The second-order valence-corrected chi connectivity index (χ2v) is 2.82. The van der Waals surface area contributed by atoms with Gasteiger partial charge in [-0.1, -0.05) is 0 Å². The average molecular weight is 180 g/mol. The van der Waals surface area contributed by atoms with E-state index in [1.165, 1.54) is 0 Å². The normalized spacial score (nSPS) is 49.2. The first-order valence-electron chi connectivity index (χ1n) is 3.52. The van der Waals surface area contributed by atoms with Crippen LogP contribution in [0.5, 0.6) is 0 Å². The van der Waals surface area contributed by atoms with Crippen molar-refractivity contribution < 1.29 is 30.3 Å². The number of hydrogen-bond donors (Lipinski definition) is 5. The molecule has 1 aliphatic heterocycles. The molecule has 5 N–H and O–H groups in total. The van der Waals surface area contributed by atoms with Crippen molar-refractivity contribution in [2.75, 3.05) is 13.2 Å². The summed E-state index contributed by atoms with van der Waals surface area (Å²) < 4.78 is 4.56. The maximum absolute atomic E-state index is 9.24. The average Bonchev–Trinajstić information content (AvgIpc) is 2.09. The third-order valence-electron chi connectivity index (χ3n) is 1.91. The number of aliphatic hydroxyl groups excluding tert-OH is 4. The van der Waals surface area contributed by atoms with Crippen molar-refractivity contribution in [3.05, 3.63) is 0 Å². The van der Waals surface area contributed by atoms with Gasteiger partial charge >= 0.3 is 0 Å². The van der Waals surface area contributed by atoms with Gasteiger partial charge in [0.15, 0.2) is 0 Å². The molecule has 1 fully saturated rings. The Labute approximate surface area is 68.6 Å². The summed E-state index contributed by atoms with van der Waals surface area (Å²) in [5.74, 6) is -2.17. The smallest absolute Gasteiger partial charge is 0.218 e. The third kappa shape index (κ3) is 1.45. The molecule has 4 atom stereocenters. The lowest BCUT2D eigenvalue weighted by atomic mass is 9.98. The molecule has 12 heavy (non-hydrogen) atoms. The summed E-state index contributed by atoms with van der Waals surface area (Å²) in [6.07, 6.45) is -4.45. The first-order chi connectivity index (χ1) is 5.51. The summed E-state index contributed by atoms with van der Waals surface area (Å²) in [5, 5.41) is 45.0. The van der Waals surface area contributed by atoms with Crippen molar-refractivity contribution in [1.29, 1.82) is 0 Å². The molecule has 1 heterocycles. The highest BCUT2D eigenvalue weighted by atomic mass is 16.7. The van der Waals surface area contributed by atoms with Crippen molar-refractivity contribution in [2.45, 2.75) is 24.1 Å². The quantitative estimate of drug-likeness (QED) is 0.290. The van der Waals surface area contributed by atoms with Crippen LogP contribution in [0.3, 0.4) is 0 Å². The molecule has 0 aromatic rings. The highest BCUT2D eigenvalue weighted by Gasteiger charge is 2.47. The van der Waals surface area contributed by atoms with Crippen LogP contribution in [-0.2, 0) is 4.74 Å². The Bertz CT molecular complexity index is 162. The monoisotopic (exact) mass is 180 g/mol. The van der Waals surface area contributed by atoms with E-state index in [1.54, 1.807) is 0 Å². The van der Waals surface area contributed by atoms with Gasteiger partial charge in [-0.2, -0.15) is 0 Å². The molecule has 0 radical (unpaired) electrons. The summed E-state index contributed by atoms with van der Waals surface area (Å²) in [5.41, 5.74) is 0. The number of aliphatic hydroxyl groups is 5. The van der Waals surface area contributed by atoms with Crippen LogP contribution in [0, 0.1) is 0 Å². The maximum Gasteiger partial charge on any atom is 0.218 e. The van der Waals surface area contributed by atoms with Gasteiger partial charge in [-0.05, 0) is 0 Å². The Balaban J connectivity index is 2.71. The fourth-order valence-electron chi connectivity index (χ4n) is 1.03. The van der Waals surface area contributed by atoms with Crippen molar-refractivity contribution in [2.24, 2.45) is 0 Å². The topological polar surface area (TPSA) is 110 Å². The van der Waals surface area contributed by atoms with E-state index in [2.05, 4.69) is 4.74 Å². The Morgan fingerprint density at radius 2 is 1.92 bits per heavy atom. The Morgan fingerprint density at radius 3 is 2.42 bits per heavy atom. The van der Waals surface area contributed by atoms with Crippen LogP contribution >= 0.6 is 0 Å². The summed E-state index contributed by atoms with van der Waals surface area (Å²) >= 11 is 0. The summed E-state index contributed by atoms with van der Waals surface area (Å²) in [7, 11) is 0. The molecule has 1 aliphatic rings. The molecule has 6 nitrogen and oxygen atoms in total. The Kier molecular flexibility index (Phi) is 2.67. The standard InChI is InChI=1S/C6H12O6/c7-2-6(11)5(10)4(9)3(8)1-12-6/h3-5,7-11H,1-2H2/t3?,4?,5?,6-/m0/s1. The van der Waals surface area contributed by atoms with Crippen molar-refractivity contribution in [3.8, 4) is 0 Å². The first-order valence-corrected chi connectivity index (χ1v) is 3.52. The van der Waals surface area contributed by atoms with E-state index in [4.69, 9.17) is 20.4 Å². The van der Waals surface area contributed by atoms with Gasteiger partial charge in [0.25, 0.3) is 0 Å². The second-order valence-electron chi connectivity index (χ2n) is 2.82. The lowest BCUT2D eigenvalue weighted by molar-refractivity contribution is -0.331. The van der Waals surface area contributed by atoms with Crippen LogP contribution in [0.25, 0.3) is 0 Å². The van der Waals surface area contributed by atoms with Crippen LogP contribution in [0.1, 0.15) is 0 Å². The number of rotatable bonds is 1. The molecule has 0 aliphatic carbocycles. The summed E-state index contributed by atoms with van der Waals surface area (Å²) in [6, 6.07) is 0. The molecular weight excluding hydrogens is 168 g/mol. The zero-order chi connectivity index (χ0) is 9.35. The Morgan fingerprint density at radius 1 is 1.33 bits per heavy atom. The minimum Gasteiger partial charge on any atom is -0.391 e. The predicted octanol–water partition coefficient (Wildman–Crippen LogP) is -3.22. The van der Waals surface area contributed by atoms with Crippen LogP contribution in [-0.4, -0.2) is 62.8 Å². The SMILES string of the molecule is OC[C@]1(O)OCC(O)C(O)C1O. The van der Waals surface area contributed by atoms with E-state index in [-0.39, 0.29) is 6.61 Å². The van der Waals surface area contributed by atoms with Gasteiger partial charge in [0.1, 0.15) is 18.3 Å². The van der Waals surface area contributed by atoms with Crippen molar-refractivity contribution in [1.82, 2.24) is 0 Å². The predicted molar refractivity (Wildman–Crippen MR) is 36.0 cm³/mol. The minimum absolute atomic E-state index is 0.324. The molecule has 0 aromatic carbocycles. The van der Waals surface area contributed by atoms with Gasteiger partial charge < -0.3 is 30.3 Å². The van der Waals surface area contributed by atoms with Gasteiger partial charge in [-0.3, -0.25) is 0 Å². The molecule has 6 heteroatoms. The van der Waals surface area contributed by atoms with E-state index < -0.39 is 30.7 Å². The van der Waals surface area contributed by atoms with Crippen LogP contribution in [0.4, 0.5) is 0 Å². The van der Waals surface area contributed by atoms with Gasteiger partial charge in [-0.15, -0.1) is 0 Å². The third-order valence-corrected chi connectivity index (χ3v) is 1.91. The van der Waals surface area contributed by atoms with Crippen molar-refractivity contribution in [3.63, 3.8) is 0 Å². The van der Waals surface area contributed by atoms with Gasteiger partial charge in [0.2, 0.25) is 5.79 Å². The fourth-order valence-corrected chi connectivity index (χ4v) is 1.03. The molecule has 72 valence electrons. The molecule has 0 amide bonds. The van der Waals surface area contributed by atoms with E-state index >= 15 is 0 Å². The number of hydrogen-bond acceptors (Lipinski definition) is 6. The zero-order valence-electron chi connectivity index (χ0n) is 6.29. The molecule has 0 saturated carbocycles. The minimum atomic E-state index is -2.17. The number of ether oxygens (including phenoxy) is 1. The van der Waals surface area contributed by atoms with Gasteiger partial charge in [0.05, 0.1) is 13.2 Å². The molecule has 0 bridgehead atoms. The van der Waals surface area contributed by atoms with Crippen LogP contribution in [0.15, 0.2) is 0 Å². The van der Waals surface area contributed by atoms with E-state index in [0.717, 1.165) is 0 Å². The van der Waals surface area contributed by atoms with Gasteiger partial charge in [0, 0.05) is 0 Å². The summed E-state index contributed by atoms with van der Waals surface area (Å²) in [6.45, 7) is -1.16. The lowest BCUT2D eigenvalue weighted by Crippen LogP contribution is -2.62. The molecule has 1 rings (SSSR count). The molecule has 1 saturated heterocycles. The van der Waals surface area contributed by atoms with Crippen LogP contribution < -0.4 is 0 Å². The molecular formula is C6H12O6. The first kappa shape index (κ1) is 9.85. The van der Waals surface area contributed by atoms with E-state index in [0.29, 0.717) is 0 Å². The molecule has 0 spiro atoms. The van der Waals surface area contributed by atoms with E-state index in [1.807, 2.05) is 0 Å². The largest absolute Gasteiger partial charge is 0.391 e. The van der Waals surface area contributed by atoms with Gasteiger partial charge in [-0.25, -0.2) is 0 Å². The zero-order valence-corrected chi connectivity index (χ0v) is 6.29. The Hall–Kier alpha value is -0.240. The van der Waals surface area contributed by atoms with E-state index in [9.17, 15) is 5.11 Å². The maximum atomic E-state index is 9.24. The molecule has 0 aromatic heterocycles. The van der Waals surface area contributed by atoms with Crippen molar-refractivity contribution >= 4 is 0 Å². The molecule has 3 unspecified atom stereocenters. The summed E-state index contributed by atoms with van der Waals surface area (Å²) in [4.78, 5) is 0. The second kappa shape index (κ2) is 3.25. The van der Waals surface area contributed by atoms with Crippen LogP contribution in [0.2, 0.25) is 0 Å². The highest BCUT2D eigenvalue weighted by Crippen LogP contribution is 2.22. The fraction of sp³-hybridized carbons (Fsp3) is 1.00. The lowest BCUT2D eigenvalue weighted by Gasteiger charge is -2.40.